The van der Waals surface area contributed by atoms with Gasteiger partial charge in [-0.1, -0.05) is 37.3 Å². The second kappa shape index (κ2) is 6.12. The van der Waals surface area contributed by atoms with Crippen molar-refractivity contribution < 1.29 is 5.11 Å². The largest absolute Gasteiger partial charge is 0.394 e. The molecule has 0 unspecified atom stereocenters. The zero-order chi connectivity index (χ0) is 12.8. The van der Waals surface area contributed by atoms with Gasteiger partial charge in [0.1, 0.15) is 5.82 Å². The lowest BCUT2D eigenvalue weighted by Crippen LogP contribution is -2.23. The summed E-state index contributed by atoms with van der Waals surface area (Å²) in [6.07, 6.45) is 2.57. The van der Waals surface area contributed by atoms with Gasteiger partial charge in [0, 0.05) is 11.8 Å². The molecular formula is C14H17N3O. The number of anilines is 1. The highest BCUT2D eigenvalue weighted by atomic mass is 16.3. The van der Waals surface area contributed by atoms with E-state index in [1.54, 1.807) is 6.20 Å². The number of hydrogen-bond acceptors (Lipinski definition) is 4. The Morgan fingerprint density at radius 2 is 2.00 bits per heavy atom. The average molecular weight is 243 g/mol. The van der Waals surface area contributed by atoms with E-state index in [4.69, 9.17) is 5.11 Å². The molecule has 0 aliphatic rings. The molecule has 18 heavy (non-hydrogen) atoms. The normalized spacial score (nSPS) is 12.1. The molecule has 4 nitrogen and oxygen atoms in total. The molecule has 1 atom stereocenters. The number of aliphatic hydroxyl groups excluding tert-OH is 1. The zero-order valence-corrected chi connectivity index (χ0v) is 10.4. The minimum Gasteiger partial charge on any atom is -0.394 e. The molecular weight excluding hydrogens is 226 g/mol. The summed E-state index contributed by atoms with van der Waals surface area (Å²) in [5.74, 6) is 1.43. The average Bonchev–Trinajstić information content (AvgIpc) is 2.46. The lowest BCUT2D eigenvalue weighted by Gasteiger charge is -2.14. The minimum absolute atomic E-state index is 0.0310. The Hall–Kier alpha value is -1.94. The van der Waals surface area contributed by atoms with Gasteiger partial charge in [-0.2, -0.15) is 0 Å². The van der Waals surface area contributed by atoms with Crippen LogP contribution in [-0.4, -0.2) is 27.7 Å². The number of aromatic nitrogens is 2. The summed E-state index contributed by atoms with van der Waals surface area (Å²) in [6.45, 7) is 2.12. The first kappa shape index (κ1) is 12.5. The lowest BCUT2D eigenvalue weighted by atomic mass is 10.2. The number of aliphatic hydroxyl groups is 1. The van der Waals surface area contributed by atoms with E-state index >= 15 is 0 Å². The third-order valence-electron chi connectivity index (χ3n) is 2.75. The molecule has 0 fully saturated rings. The van der Waals surface area contributed by atoms with Crippen LogP contribution < -0.4 is 5.32 Å². The van der Waals surface area contributed by atoms with Crippen LogP contribution in [0.15, 0.2) is 42.6 Å². The van der Waals surface area contributed by atoms with E-state index in [9.17, 15) is 0 Å². The molecule has 0 bridgehead atoms. The summed E-state index contributed by atoms with van der Waals surface area (Å²) in [5.41, 5.74) is 0.984. The van der Waals surface area contributed by atoms with E-state index in [-0.39, 0.29) is 12.6 Å². The molecule has 0 aliphatic carbocycles. The fraction of sp³-hybridized carbons (Fsp3) is 0.286. The van der Waals surface area contributed by atoms with Crippen molar-refractivity contribution in [3.63, 3.8) is 0 Å². The Labute approximate surface area is 107 Å². The van der Waals surface area contributed by atoms with Crippen molar-refractivity contribution in [2.45, 2.75) is 19.4 Å². The fourth-order valence-electron chi connectivity index (χ4n) is 1.65. The number of nitrogens with one attached hydrogen (secondary N) is 1. The number of benzene rings is 1. The third-order valence-corrected chi connectivity index (χ3v) is 2.75. The van der Waals surface area contributed by atoms with Crippen molar-refractivity contribution >= 4 is 5.82 Å². The Balaban J connectivity index is 2.20. The van der Waals surface area contributed by atoms with E-state index in [1.165, 1.54) is 0 Å². The molecule has 4 heteroatoms. The van der Waals surface area contributed by atoms with Crippen LogP contribution in [-0.2, 0) is 0 Å². The van der Waals surface area contributed by atoms with Crippen molar-refractivity contribution in [3.8, 4) is 11.4 Å². The molecule has 0 amide bonds. The monoisotopic (exact) mass is 243 g/mol. The predicted molar refractivity (Wildman–Crippen MR) is 72.3 cm³/mol. The zero-order valence-electron chi connectivity index (χ0n) is 10.4. The van der Waals surface area contributed by atoms with Crippen LogP contribution in [0.4, 0.5) is 5.82 Å². The number of nitrogens with zero attached hydrogens (tertiary/aromatic N) is 2. The molecule has 2 rings (SSSR count). The molecule has 0 aliphatic heterocycles. The highest BCUT2D eigenvalue weighted by molar-refractivity contribution is 5.56. The molecule has 0 saturated heterocycles. The molecule has 0 radical (unpaired) electrons. The topological polar surface area (TPSA) is 58.0 Å². The standard InChI is InChI=1S/C14H17N3O/c1-2-12(10-18)16-13-8-9-15-14(17-13)11-6-4-3-5-7-11/h3-9,12,18H,2,10H2,1H3,(H,15,16,17)/t12-/m1/s1. The van der Waals surface area contributed by atoms with Gasteiger partial charge in [0.15, 0.2) is 5.82 Å². The van der Waals surface area contributed by atoms with Gasteiger partial charge in [-0.15, -0.1) is 0 Å². The maximum atomic E-state index is 9.17. The second-order valence-corrected chi connectivity index (χ2v) is 4.06. The van der Waals surface area contributed by atoms with Crippen LogP contribution in [0.3, 0.4) is 0 Å². The Kier molecular flexibility index (Phi) is 4.25. The highest BCUT2D eigenvalue weighted by Crippen LogP contribution is 2.16. The summed E-state index contributed by atoms with van der Waals surface area (Å²) >= 11 is 0. The smallest absolute Gasteiger partial charge is 0.161 e. The summed E-state index contributed by atoms with van der Waals surface area (Å²) in [5, 5.41) is 12.4. The van der Waals surface area contributed by atoms with Crippen molar-refractivity contribution in [2.24, 2.45) is 0 Å². The van der Waals surface area contributed by atoms with E-state index in [1.807, 2.05) is 43.3 Å². The molecule has 1 aromatic heterocycles. The van der Waals surface area contributed by atoms with Gasteiger partial charge in [0.25, 0.3) is 0 Å². The van der Waals surface area contributed by atoms with Gasteiger partial charge in [0.2, 0.25) is 0 Å². The molecule has 2 aromatic rings. The van der Waals surface area contributed by atoms with Crippen molar-refractivity contribution in [1.29, 1.82) is 0 Å². The Morgan fingerprint density at radius 1 is 1.22 bits per heavy atom. The number of rotatable bonds is 5. The van der Waals surface area contributed by atoms with Crippen LogP contribution in [0, 0.1) is 0 Å². The lowest BCUT2D eigenvalue weighted by molar-refractivity contribution is 0.271. The summed E-state index contributed by atoms with van der Waals surface area (Å²) < 4.78 is 0. The molecule has 1 heterocycles. The van der Waals surface area contributed by atoms with Gasteiger partial charge in [-0.05, 0) is 12.5 Å². The summed E-state index contributed by atoms with van der Waals surface area (Å²) in [7, 11) is 0. The number of hydrogen-bond donors (Lipinski definition) is 2. The van der Waals surface area contributed by atoms with Gasteiger partial charge < -0.3 is 10.4 Å². The van der Waals surface area contributed by atoms with Gasteiger partial charge >= 0.3 is 0 Å². The maximum Gasteiger partial charge on any atom is 0.161 e. The van der Waals surface area contributed by atoms with E-state index in [0.29, 0.717) is 5.82 Å². The molecule has 0 saturated carbocycles. The van der Waals surface area contributed by atoms with Crippen LogP contribution in [0.2, 0.25) is 0 Å². The fourth-order valence-corrected chi connectivity index (χ4v) is 1.65. The third kappa shape index (κ3) is 3.05. The molecule has 1 aromatic carbocycles. The second-order valence-electron chi connectivity index (χ2n) is 4.06. The van der Waals surface area contributed by atoms with Crippen LogP contribution >= 0.6 is 0 Å². The van der Waals surface area contributed by atoms with E-state index < -0.39 is 0 Å². The molecule has 94 valence electrons. The van der Waals surface area contributed by atoms with Gasteiger partial charge in [-0.3, -0.25) is 0 Å². The Bertz CT molecular complexity index is 483. The SMILES string of the molecule is CC[C@H](CO)Nc1ccnc(-c2ccccc2)n1. The summed E-state index contributed by atoms with van der Waals surface area (Å²) in [4.78, 5) is 8.70. The van der Waals surface area contributed by atoms with Crippen LogP contribution in [0.25, 0.3) is 11.4 Å². The van der Waals surface area contributed by atoms with Gasteiger partial charge in [-0.25, -0.2) is 9.97 Å². The minimum atomic E-state index is 0.0310. The van der Waals surface area contributed by atoms with Crippen molar-refractivity contribution in [2.75, 3.05) is 11.9 Å². The quantitative estimate of drug-likeness (QED) is 0.846. The molecule has 0 spiro atoms. The van der Waals surface area contributed by atoms with E-state index in [0.717, 1.165) is 17.8 Å². The van der Waals surface area contributed by atoms with Crippen molar-refractivity contribution in [1.82, 2.24) is 9.97 Å². The predicted octanol–water partition coefficient (Wildman–Crippen LogP) is 2.33. The van der Waals surface area contributed by atoms with Gasteiger partial charge in [0.05, 0.1) is 12.6 Å². The van der Waals surface area contributed by atoms with Crippen LogP contribution in [0.5, 0.6) is 0 Å². The Morgan fingerprint density at radius 3 is 2.67 bits per heavy atom. The first-order valence-corrected chi connectivity index (χ1v) is 6.09. The highest BCUT2D eigenvalue weighted by Gasteiger charge is 2.06. The summed E-state index contributed by atoms with van der Waals surface area (Å²) in [6, 6.07) is 11.7. The maximum absolute atomic E-state index is 9.17. The van der Waals surface area contributed by atoms with E-state index in [2.05, 4.69) is 15.3 Å². The van der Waals surface area contributed by atoms with Crippen molar-refractivity contribution in [3.05, 3.63) is 42.6 Å². The first-order valence-electron chi connectivity index (χ1n) is 6.09. The van der Waals surface area contributed by atoms with Crippen LogP contribution in [0.1, 0.15) is 13.3 Å². The first-order chi connectivity index (χ1) is 8.83. The molecule has 2 N–H and O–H groups in total.